The van der Waals surface area contributed by atoms with Crippen LogP contribution in [-0.4, -0.2) is 21.6 Å². The Morgan fingerprint density at radius 2 is 2.13 bits per heavy atom. The van der Waals surface area contributed by atoms with Gasteiger partial charge in [-0.1, -0.05) is 30.5 Å². The Labute approximate surface area is 179 Å². The number of aromatic nitrogens is 1. The zero-order chi connectivity index (χ0) is 20.9. The van der Waals surface area contributed by atoms with E-state index in [1.807, 2.05) is 18.2 Å². The molecule has 2 N–H and O–H groups in total. The van der Waals surface area contributed by atoms with Crippen molar-refractivity contribution in [3.63, 3.8) is 0 Å². The fourth-order valence-corrected chi connectivity index (χ4v) is 5.73. The largest absolute Gasteiger partial charge is 0.479 e. The monoisotopic (exact) mass is 420 g/mol. The number of nitrogens with zero attached hydrogens (tertiary/aromatic N) is 3. The molecule has 5 rings (SSSR count). The van der Waals surface area contributed by atoms with Crippen LogP contribution < -0.4 is 21.0 Å². The van der Waals surface area contributed by atoms with Crippen molar-refractivity contribution in [2.45, 2.75) is 37.6 Å². The second-order valence-corrected chi connectivity index (χ2v) is 8.58. The van der Waals surface area contributed by atoms with Crippen LogP contribution in [0.4, 0.5) is 5.69 Å². The van der Waals surface area contributed by atoms with Crippen LogP contribution >= 0.6 is 11.6 Å². The third-order valence-electron chi connectivity index (χ3n) is 6.81. The highest BCUT2D eigenvalue weighted by Crippen LogP contribution is 2.51. The van der Waals surface area contributed by atoms with Crippen LogP contribution in [0.3, 0.4) is 0 Å². The molecule has 1 aromatic heterocycles. The van der Waals surface area contributed by atoms with Gasteiger partial charge in [-0.25, -0.2) is 4.79 Å². The average Bonchev–Trinajstić information content (AvgIpc) is 3.40. The first-order chi connectivity index (χ1) is 14.6. The van der Waals surface area contributed by atoms with Crippen LogP contribution in [0.1, 0.15) is 37.7 Å². The standard InChI is InChI=1S/C23H21ClN4O2/c24-19-12-16(8-7-14(19)13-25)28-23(22(29)30,15-4-1-2-5-15)18-9-10-20-17(21(18)27-28)6-3-11-26-20/h3,6-8,10-12,15,18,27H,1-2,4-5,9H2,(H,29,30). The van der Waals surface area contributed by atoms with E-state index in [0.717, 1.165) is 41.9 Å². The number of fused-ring (bicyclic) bond motifs is 2. The lowest BCUT2D eigenvalue weighted by atomic mass is 9.69. The lowest BCUT2D eigenvalue weighted by Gasteiger charge is -2.42. The van der Waals surface area contributed by atoms with Crippen molar-refractivity contribution in [3.05, 3.63) is 57.7 Å². The molecule has 0 bridgehead atoms. The number of hydrogen-bond donors (Lipinski definition) is 2. The average molecular weight is 421 g/mol. The smallest absolute Gasteiger partial charge is 0.332 e. The van der Waals surface area contributed by atoms with Gasteiger partial charge in [-0.3, -0.25) is 9.99 Å². The lowest BCUT2D eigenvalue weighted by molar-refractivity contribution is -0.147. The third-order valence-corrected chi connectivity index (χ3v) is 7.12. The minimum Gasteiger partial charge on any atom is -0.479 e. The normalized spacial score (nSPS) is 25.1. The van der Waals surface area contributed by atoms with Gasteiger partial charge >= 0.3 is 5.97 Å². The van der Waals surface area contributed by atoms with Crippen LogP contribution in [0.15, 0.2) is 36.5 Å². The predicted octanol–water partition coefficient (Wildman–Crippen LogP) is 2.55. The maximum atomic E-state index is 13.1. The van der Waals surface area contributed by atoms with E-state index in [9.17, 15) is 15.2 Å². The number of carboxylic acids is 1. The Morgan fingerprint density at radius 1 is 1.33 bits per heavy atom. The molecular weight excluding hydrogens is 400 g/mol. The Balaban J connectivity index is 1.76. The molecule has 1 aliphatic heterocycles. The second-order valence-electron chi connectivity index (χ2n) is 8.18. The van der Waals surface area contributed by atoms with Crippen molar-refractivity contribution in [2.24, 2.45) is 11.8 Å². The van der Waals surface area contributed by atoms with Gasteiger partial charge in [0.15, 0.2) is 5.54 Å². The molecule has 2 unspecified atom stereocenters. The summed E-state index contributed by atoms with van der Waals surface area (Å²) in [5.41, 5.74) is 4.24. The molecule has 1 saturated carbocycles. The summed E-state index contributed by atoms with van der Waals surface area (Å²) >= 11 is 6.33. The molecule has 2 heterocycles. The third kappa shape index (κ3) is 2.55. The summed E-state index contributed by atoms with van der Waals surface area (Å²) in [6, 6.07) is 11.0. The van der Waals surface area contributed by atoms with Gasteiger partial charge < -0.3 is 10.5 Å². The fraction of sp³-hybridized carbons (Fsp3) is 0.348. The van der Waals surface area contributed by atoms with Crippen molar-refractivity contribution < 1.29 is 9.90 Å². The Morgan fingerprint density at radius 3 is 2.83 bits per heavy atom. The molecule has 7 heteroatoms. The number of carboxylic acid groups (broad SMARTS) is 1. The van der Waals surface area contributed by atoms with E-state index < -0.39 is 11.5 Å². The number of nitrogens with one attached hydrogen (secondary N) is 1. The summed E-state index contributed by atoms with van der Waals surface area (Å²) in [6.45, 7) is 0. The van der Waals surface area contributed by atoms with Crippen LogP contribution in [0.25, 0.3) is 11.8 Å². The predicted molar refractivity (Wildman–Crippen MR) is 114 cm³/mol. The first-order valence-electron chi connectivity index (χ1n) is 10.2. The number of pyridine rings is 1. The minimum absolute atomic E-state index is 0.00559. The van der Waals surface area contributed by atoms with Gasteiger partial charge in [-0.15, -0.1) is 0 Å². The van der Waals surface area contributed by atoms with E-state index in [4.69, 9.17) is 11.6 Å². The Hall–Kier alpha value is -3.04. The first-order valence-corrected chi connectivity index (χ1v) is 10.6. The van der Waals surface area contributed by atoms with Crippen molar-refractivity contribution in [1.82, 2.24) is 10.4 Å². The van der Waals surface area contributed by atoms with E-state index in [-0.39, 0.29) is 11.8 Å². The molecule has 30 heavy (non-hydrogen) atoms. The van der Waals surface area contributed by atoms with Gasteiger partial charge in [-0.05, 0) is 55.5 Å². The van der Waals surface area contributed by atoms with Gasteiger partial charge in [-0.2, -0.15) is 5.26 Å². The maximum absolute atomic E-state index is 13.1. The van der Waals surface area contributed by atoms with E-state index >= 15 is 0 Å². The summed E-state index contributed by atoms with van der Waals surface area (Å²) < 4.78 is 0. The van der Waals surface area contributed by atoms with Crippen LogP contribution in [0, 0.1) is 23.2 Å². The van der Waals surface area contributed by atoms with Crippen molar-refractivity contribution in [2.75, 3.05) is 5.01 Å². The first kappa shape index (κ1) is 19.0. The summed E-state index contributed by atoms with van der Waals surface area (Å²) in [5, 5.41) is 23.9. The maximum Gasteiger partial charge on any atom is 0.332 e. The molecule has 2 atom stereocenters. The molecule has 2 aromatic rings. The molecule has 0 amide bonds. The summed E-state index contributed by atoms with van der Waals surface area (Å²) in [5.74, 6) is -1.04. The zero-order valence-corrected chi connectivity index (χ0v) is 17.1. The number of anilines is 1. The fourth-order valence-electron chi connectivity index (χ4n) is 5.51. The second kappa shape index (κ2) is 7.03. The van der Waals surface area contributed by atoms with E-state index in [0.29, 0.717) is 22.7 Å². The lowest BCUT2D eigenvalue weighted by Crippen LogP contribution is -2.61. The summed E-state index contributed by atoms with van der Waals surface area (Å²) in [6.07, 6.45) is 8.22. The molecule has 1 aromatic carbocycles. The molecule has 152 valence electrons. The van der Waals surface area contributed by atoms with Gasteiger partial charge in [0.1, 0.15) is 6.07 Å². The van der Waals surface area contributed by atoms with E-state index in [1.54, 1.807) is 29.4 Å². The molecule has 6 nitrogen and oxygen atoms in total. The highest BCUT2D eigenvalue weighted by Gasteiger charge is 2.62. The minimum atomic E-state index is -1.13. The van der Waals surface area contributed by atoms with Crippen molar-refractivity contribution in [1.29, 1.82) is 5.26 Å². The number of nitriles is 1. The molecule has 2 fully saturated rings. The van der Waals surface area contributed by atoms with E-state index in [1.165, 1.54) is 0 Å². The zero-order valence-electron chi connectivity index (χ0n) is 16.3. The molecule has 1 saturated heterocycles. The van der Waals surface area contributed by atoms with Gasteiger partial charge in [0, 0.05) is 23.0 Å². The number of rotatable bonds is 3. The highest BCUT2D eigenvalue weighted by atomic mass is 35.5. The van der Waals surface area contributed by atoms with Crippen molar-refractivity contribution >= 4 is 35.0 Å². The Bertz CT molecular complexity index is 1200. The number of benzene rings is 1. The number of halogens is 1. The number of carbonyl (C=O) groups is 1. The van der Waals surface area contributed by atoms with Crippen molar-refractivity contribution in [3.8, 4) is 6.07 Å². The van der Waals surface area contributed by atoms with Crippen LogP contribution in [-0.2, 0) is 4.79 Å². The van der Waals surface area contributed by atoms with Gasteiger partial charge in [0.25, 0.3) is 0 Å². The molecule has 3 aliphatic rings. The topological polar surface area (TPSA) is 89.3 Å². The quantitative estimate of drug-likeness (QED) is 0.793. The SMILES string of the molecule is N#Cc1ccc(N2NC3=c4cccnc4=CCC3C2(C(=O)O)C2CCCC2)cc1Cl. The van der Waals surface area contributed by atoms with Gasteiger partial charge in [0.05, 0.1) is 21.6 Å². The van der Waals surface area contributed by atoms with Gasteiger partial charge in [0.2, 0.25) is 0 Å². The summed E-state index contributed by atoms with van der Waals surface area (Å²) in [4.78, 5) is 17.5. The van der Waals surface area contributed by atoms with Crippen LogP contribution in [0.2, 0.25) is 5.02 Å². The number of aliphatic carboxylic acids is 1. The number of hydrazine groups is 1. The van der Waals surface area contributed by atoms with Crippen LogP contribution in [0.5, 0.6) is 0 Å². The highest BCUT2D eigenvalue weighted by molar-refractivity contribution is 6.32. The molecule has 0 spiro atoms. The summed E-state index contributed by atoms with van der Waals surface area (Å²) in [7, 11) is 0. The van der Waals surface area contributed by atoms with E-state index in [2.05, 4.69) is 16.5 Å². The molecule has 2 aliphatic carbocycles. The Kier molecular flexibility index (Phi) is 4.44. The number of hydrogen-bond acceptors (Lipinski definition) is 5. The molecule has 0 radical (unpaired) electrons. The molecular formula is C23H21ClN4O2.